The molecule has 0 fully saturated rings. The summed E-state index contributed by atoms with van der Waals surface area (Å²) in [6, 6.07) is -1.14. The molecule has 7 heteroatoms. The minimum atomic E-state index is -1.04. The number of unbranched alkanes of at least 4 members (excludes halogenated alkanes) is 1. The van der Waals surface area contributed by atoms with Crippen molar-refractivity contribution in [2.75, 3.05) is 6.54 Å². The number of Topliss-reactive ketones (excluding diaryl/α,β-unsaturated/α-hetero) is 2. The normalized spacial score (nSPS) is 13.3. The van der Waals surface area contributed by atoms with Gasteiger partial charge in [-0.25, -0.2) is 0 Å². The minimum Gasteiger partial charge on any atom is -0.481 e. The molecule has 0 amide bonds. The third-order valence-electron chi connectivity index (χ3n) is 3.23. The van der Waals surface area contributed by atoms with Crippen LogP contribution in [0.4, 0.5) is 0 Å². The van der Waals surface area contributed by atoms with E-state index in [-0.39, 0.29) is 35.9 Å². The molecule has 0 aromatic rings. The lowest BCUT2D eigenvalue weighted by molar-refractivity contribution is -0.139. The summed E-state index contributed by atoms with van der Waals surface area (Å²) < 4.78 is 0. The molecule has 7 nitrogen and oxygen atoms in total. The van der Waals surface area contributed by atoms with Gasteiger partial charge in [-0.05, 0) is 19.4 Å². The highest BCUT2D eigenvalue weighted by atomic mass is 16.4. The summed E-state index contributed by atoms with van der Waals surface area (Å²) in [6.07, 6.45) is 2.40. The van der Waals surface area contributed by atoms with Crippen LogP contribution in [0.1, 0.15) is 53.4 Å². The van der Waals surface area contributed by atoms with E-state index in [0.717, 1.165) is 19.3 Å². The maximum absolute atomic E-state index is 11.3. The summed E-state index contributed by atoms with van der Waals surface area (Å²) in [7, 11) is 0. The highest BCUT2D eigenvalue weighted by Gasteiger charge is 2.19. The second kappa shape index (κ2) is 13.2. The fraction of sp³-hybridized carbons (Fsp3) is 0.812. The number of carboxylic acids is 1. The standard InChI is InChI=1S/C9H20N2O.C7H13NO3/c1-7(2)9(12)8(11)5-3-4-6-10;1-4(2)7(11)5(8)3-6(9)10/h7-8H,3-6,10-11H2,1-2H3;4-5H,3,8H2,1-2H3,(H,9,10). The highest BCUT2D eigenvalue weighted by molar-refractivity contribution is 5.88. The lowest BCUT2D eigenvalue weighted by Crippen LogP contribution is -2.35. The van der Waals surface area contributed by atoms with E-state index in [1.807, 2.05) is 13.8 Å². The van der Waals surface area contributed by atoms with Gasteiger partial charge < -0.3 is 22.3 Å². The Morgan fingerprint density at radius 3 is 1.65 bits per heavy atom. The molecule has 7 N–H and O–H groups in total. The van der Waals surface area contributed by atoms with Crippen LogP contribution in [0.25, 0.3) is 0 Å². The van der Waals surface area contributed by atoms with Gasteiger partial charge in [0.25, 0.3) is 0 Å². The third-order valence-corrected chi connectivity index (χ3v) is 3.23. The van der Waals surface area contributed by atoms with Crippen molar-refractivity contribution in [1.29, 1.82) is 0 Å². The first-order chi connectivity index (χ1) is 10.5. The Morgan fingerprint density at radius 1 is 0.870 bits per heavy atom. The molecule has 2 unspecified atom stereocenters. The zero-order chi connectivity index (χ0) is 18.6. The number of rotatable bonds is 10. The Labute approximate surface area is 139 Å². The molecule has 0 aliphatic carbocycles. The summed E-state index contributed by atoms with van der Waals surface area (Å²) in [4.78, 5) is 32.4. The third kappa shape index (κ3) is 12.9. The maximum atomic E-state index is 11.3. The first-order valence-corrected chi connectivity index (χ1v) is 8.05. The summed E-state index contributed by atoms with van der Waals surface area (Å²) in [5.74, 6) is -1.21. The van der Waals surface area contributed by atoms with E-state index in [0.29, 0.717) is 6.54 Å². The molecule has 0 radical (unpaired) electrons. The summed E-state index contributed by atoms with van der Waals surface area (Å²) in [5, 5.41) is 8.28. The molecule has 0 aromatic heterocycles. The highest BCUT2D eigenvalue weighted by Crippen LogP contribution is 2.04. The van der Waals surface area contributed by atoms with Crippen LogP contribution in [0.5, 0.6) is 0 Å². The number of hydrogen-bond acceptors (Lipinski definition) is 6. The van der Waals surface area contributed by atoms with Crippen molar-refractivity contribution < 1.29 is 19.5 Å². The van der Waals surface area contributed by atoms with Crippen molar-refractivity contribution in [3.8, 4) is 0 Å². The van der Waals surface area contributed by atoms with Crippen LogP contribution in [0.15, 0.2) is 0 Å². The Kier molecular flexibility index (Phi) is 13.7. The largest absolute Gasteiger partial charge is 0.481 e. The SMILES string of the molecule is CC(C)C(=O)C(N)CC(=O)O.CC(C)C(=O)C(N)CCCCN. The molecule has 23 heavy (non-hydrogen) atoms. The number of carboxylic acid groups (broad SMARTS) is 1. The molecule has 0 heterocycles. The Bertz CT molecular complexity index is 370. The van der Waals surface area contributed by atoms with Crippen LogP contribution in [-0.4, -0.2) is 41.3 Å². The van der Waals surface area contributed by atoms with Crippen LogP contribution in [-0.2, 0) is 14.4 Å². The molecule has 0 bridgehead atoms. The lowest BCUT2D eigenvalue weighted by Gasteiger charge is -2.12. The van der Waals surface area contributed by atoms with Gasteiger partial charge in [-0.15, -0.1) is 0 Å². The molecule has 0 rings (SSSR count). The molecule has 0 saturated heterocycles. The van der Waals surface area contributed by atoms with Crippen molar-refractivity contribution >= 4 is 17.5 Å². The fourth-order valence-electron chi connectivity index (χ4n) is 1.80. The molecule has 2 atom stereocenters. The number of carbonyl (C=O) groups is 3. The predicted octanol–water partition coefficient (Wildman–Crippen LogP) is 0.681. The van der Waals surface area contributed by atoms with Crippen molar-refractivity contribution in [2.45, 2.75) is 65.5 Å². The Balaban J connectivity index is 0. The van der Waals surface area contributed by atoms with Gasteiger partial charge >= 0.3 is 5.97 Å². The molecule has 0 aliphatic rings. The van der Waals surface area contributed by atoms with Gasteiger partial charge in [0.2, 0.25) is 0 Å². The van der Waals surface area contributed by atoms with Crippen LogP contribution < -0.4 is 17.2 Å². The van der Waals surface area contributed by atoms with Crippen molar-refractivity contribution in [3.63, 3.8) is 0 Å². The predicted molar refractivity (Wildman–Crippen MR) is 90.8 cm³/mol. The Morgan fingerprint density at radius 2 is 1.30 bits per heavy atom. The topological polar surface area (TPSA) is 150 Å². The van der Waals surface area contributed by atoms with E-state index in [4.69, 9.17) is 22.3 Å². The molecule has 0 aliphatic heterocycles. The van der Waals surface area contributed by atoms with Gasteiger partial charge in [-0.3, -0.25) is 14.4 Å². The van der Waals surface area contributed by atoms with Crippen molar-refractivity contribution in [1.82, 2.24) is 0 Å². The van der Waals surface area contributed by atoms with E-state index in [2.05, 4.69) is 0 Å². The maximum Gasteiger partial charge on any atom is 0.305 e. The van der Waals surface area contributed by atoms with Crippen LogP contribution in [0.2, 0.25) is 0 Å². The van der Waals surface area contributed by atoms with E-state index >= 15 is 0 Å². The summed E-state index contributed by atoms with van der Waals surface area (Å²) in [6.45, 7) is 7.84. The average Bonchev–Trinajstić information content (AvgIpc) is 2.45. The minimum absolute atomic E-state index is 0.0536. The number of aliphatic carboxylic acids is 1. The number of ketones is 2. The number of carbonyl (C=O) groups excluding carboxylic acids is 2. The van der Waals surface area contributed by atoms with Crippen LogP contribution >= 0.6 is 0 Å². The molecular formula is C16H33N3O4. The zero-order valence-corrected chi connectivity index (χ0v) is 14.7. The molecule has 0 saturated carbocycles. The molecule has 136 valence electrons. The van der Waals surface area contributed by atoms with Gasteiger partial charge in [0.15, 0.2) is 11.6 Å². The average molecular weight is 331 g/mol. The van der Waals surface area contributed by atoms with Gasteiger partial charge in [-0.2, -0.15) is 0 Å². The number of nitrogens with two attached hydrogens (primary N) is 3. The second-order valence-electron chi connectivity index (χ2n) is 6.21. The van der Waals surface area contributed by atoms with Crippen molar-refractivity contribution in [2.24, 2.45) is 29.0 Å². The van der Waals surface area contributed by atoms with Gasteiger partial charge in [0.05, 0.1) is 18.5 Å². The van der Waals surface area contributed by atoms with Gasteiger partial charge in [0.1, 0.15) is 0 Å². The summed E-state index contributed by atoms with van der Waals surface area (Å²) in [5.41, 5.74) is 16.3. The fourth-order valence-corrected chi connectivity index (χ4v) is 1.80. The van der Waals surface area contributed by atoms with E-state index in [1.54, 1.807) is 13.8 Å². The van der Waals surface area contributed by atoms with Crippen LogP contribution in [0.3, 0.4) is 0 Å². The molecular weight excluding hydrogens is 298 g/mol. The number of hydrogen-bond donors (Lipinski definition) is 4. The van der Waals surface area contributed by atoms with Gasteiger partial charge in [0, 0.05) is 11.8 Å². The molecule has 0 spiro atoms. The Hall–Kier alpha value is -1.31. The lowest BCUT2D eigenvalue weighted by atomic mass is 9.98. The van der Waals surface area contributed by atoms with E-state index < -0.39 is 12.0 Å². The zero-order valence-electron chi connectivity index (χ0n) is 14.7. The van der Waals surface area contributed by atoms with Crippen LogP contribution in [0, 0.1) is 11.8 Å². The smallest absolute Gasteiger partial charge is 0.305 e. The van der Waals surface area contributed by atoms with E-state index in [9.17, 15) is 14.4 Å². The molecule has 0 aromatic carbocycles. The van der Waals surface area contributed by atoms with Crippen molar-refractivity contribution in [3.05, 3.63) is 0 Å². The first kappa shape index (κ1) is 23.9. The quantitative estimate of drug-likeness (QED) is 0.430. The van der Waals surface area contributed by atoms with E-state index in [1.165, 1.54) is 0 Å². The summed E-state index contributed by atoms with van der Waals surface area (Å²) >= 11 is 0. The monoisotopic (exact) mass is 331 g/mol. The van der Waals surface area contributed by atoms with Gasteiger partial charge in [-0.1, -0.05) is 34.1 Å². The second-order valence-corrected chi connectivity index (χ2v) is 6.21. The first-order valence-electron chi connectivity index (χ1n) is 8.05.